The molecule has 3 rings (SSSR count). The van der Waals surface area contributed by atoms with E-state index in [4.69, 9.17) is 16.3 Å². The molecule has 2 aliphatic rings. The minimum Gasteiger partial charge on any atom is -0.481 e. The van der Waals surface area contributed by atoms with Gasteiger partial charge in [-0.05, 0) is 12.8 Å². The summed E-state index contributed by atoms with van der Waals surface area (Å²) in [6.45, 7) is 0. The molecule has 2 saturated heterocycles. The zero-order valence-corrected chi connectivity index (χ0v) is 10.1. The van der Waals surface area contributed by atoms with E-state index in [1.165, 1.54) is 12.4 Å². The van der Waals surface area contributed by atoms with Crippen molar-refractivity contribution in [3.8, 4) is 0 Å². The largest absolute Gasteiger partial charge is 0.481 e. The second-order valence-electron chi connectivity index (χ2n) is 4.62. The van der Waals surface area contributed by atoms with E-state index in [1.807, 2.05) is 0 Å². The number of aliphatic carboxylic acids is 1. The zero-order valence-electron chi connectivity index (χ0n) is 9.32. The molecule has 1 aromatic rings. The van der Waals surface area contributed by atoms with Gasteiger partial charge in [-0.3, -0.25) is 9.59 Å². The first-order valence-electron chi connectivity index (χ1n) is 5.70. The summed E-state index contributed by atoms with van der Waals surface area (Å²) in [5.41, 5.74) is 0. The average Bonchev–Trinajstić information content (AvgIpc) is 3.01. The molecule has 2 bridgehead atoms. The molecule has 0 aliphatic carbocycles. The van der Waals surface area contributed by atoms with Gasteiger partial charge in [-0.2, -0.15) is 5.10 Å². The van der Waals surface area contributed by atoms with Gasteiger partial charge >= 0.3 is 5.97 Å². The second kappa shape index (κ2) is 4.07. The number of carboxylic acid groups (broad SMARTS) is 1. The van der Waals surface area contributed by atoms with Crippen molar-refractivity contribution in [2.24, 2.45) is 11.8 Å². The van der Waals surface area contributed by atoms with E-state index in [0.717, 1.165) is 11.1 Å². The van der Waals surface area contributed by atoms with E-state index in [-0.39, 0.29) is 18.1 Å². The standard InChI is InChI=1S/C11H11ClN2O4/c12-5-3-13-14(4-5)10(15)8-6-1-2-7(18-6)9(8)11(16)17/h3-4,6-9H,1-2H2,(H,16,17). The van der Waals surface area contributed by atoms with E-state index in [0.29, 0.717) is 11.4 Å². The van der Waals surface area contributed by atoms with Crippen LogP contribution in [0.3, 0.4) is 0 Å². The minimum atomic E-state index is -0.987. The molecule has 1 N–H and O–H groups in total. The van der Waals surface area contributed by atoms with Crippen molar-refractivity contribution < 1.29 is 19.4 Å². The average molecular weight is 271 g/mol. The number of carbonyl (C=O) groups is 2. The molecule has 0 aromatic carbocycles. The normalized spacial score (nSPS) is 33.8. The highest BCUT2D eigenvalue weighted by Crippen LogP contribution is 2.44. The second-order valence-corrected chi connectivity index (χ2v) is 5.06. The Balaban J connectivity index is 1.91. The van der Waals surface area contributed by atoms with Gasteiger partial charge in [0.1, 0.15) is 0 Å². The van der Waals surface area contributed by atoms with Gasteiger partial charge in [0, 0.05) is 0 Å². The van der Waals surface area contributed by atoms with Crippen molar-refractivity contribution in [3.63, 3.8) is 0 Å². The number of hydrogen-bond donors (Lipinski definition) is 1. The molecule has 4 atom stereocenters. The first kappa shape index (κ1) is 11.7. The summed E-state index contributed by atoms with van der Waals surface area (Å²) in [6, 6.07) is 0. The van der Waals surface area contributed by atoms with Gasteiger partial charge in [0.05, 0.1) is 41.5 Å². The van der Waals surface area contributed by atoms with Crippen LogP contribution in [0.1, 0.15) is 17.6 Å². The first-order chi connectivity index (χ1) is 8.58. The highest BCUT2D eigenvalue weighted by atomic mass is 35.5. The van der Waals surface area contributed by atoms with Crippen LogP contribution in [0, 0.1) is 11.8 Å². The molecule has 2 aliphatic heterocycles. The van der Waals surface area contributed by atoms with Gasteiger partial charge in [-0.1, -0.05) is 11.6 Å². The molecule has 7 heteroatoms. The number of rotatable bonds is 2. The SMILES string of the molecule is O=C(O)C1C2CCC(O2)C1C(=O)n1cc(Cl)cn1. The van der Waals surface area contributed by atoms with Crippen LogP contribution in [0.5, 0.6) is 0 Å². The van der Waals surface area contributed by atoms with Crippen LogP contribution < -0.4 is 0 Å². The van der Waals surface area contributed by atoms with E-state index in [2.05, 4.69) is 5.10 Å². The fraction of sp³-hybridized carbons (Fsp3) is 0.545. The molecule has 0 amide bonds. The molecule has 1 aromatic heterocycles. The predicted octanol–water partition coefficient (Wildman–Crippen LogP) is 1.05. The van der Waals surface area contributed by atoms with Crippen LogP contribution >= 0.6 is 11.6 Å². The lowest BCUT2D eigenvalue weighted by Gasteiger charge is -2.23. The van der Waals surface area contributed by atoms with E-state index in [1.54, 1.807) is 0 Å². The van der Waals surface area contributed by atoms with Crippen LogP contribution in [-0.2, 0) is 9.53 Å². The van der Waals surface area contributed by atoms with Crippen LogP contribution in [-0.4, -0.2) is 39.0 Å². The van der Waals surface area contributed by atoms with Gasteiger partial charge in [-0.15, -0.1) is 0 Å². The summed E-state index contributed by atoms with van der Waals surface area (Å²) in [6.07, 6.45) is 3.49. The van der Waals surface area contributed by atoms with Gasteiger partial charge in [0.15, 0.2) is 0 Å². The van der Waals surface area contributed by atoms with Crippen LogP contribution in [0.25, 0.3) is 0 Å². The molecule has 6 nitrogen and oxygen atoms in total. The Morgan fingerprint density at radius 1 is 1.39 bits per heavy atom. The Bertz CT molecular complexity index is 515. The maximum absolute atomic E-state index is 12.3. The maximum atomic E-state index is 12.3. The van der Waals surface area contributed by atoms with Gasteiger partial charge in [-0.25, -0.2) is 4.68 Å². The third-order valence-corrected chi connectivity index (χ3v) is 3.82. The fourth-order valence-corrected chi connectivity index (χ4v) is 3.02. The molecule has 2 fully saturated rings. The lowest BCUT2D eigenvalue weighted by Crippen LogP contribution is -2.40. The van der Waals surface area contributed by atoms with Crippen LogP contribution in [0.4, 0.5) is 0 Å². The van der Waals surface area contributed by atoms with E-state index >= 15 is 0 Å². The number of hydrogen-bond acceptors (Lipinski definition) is 4. The summed E-state index contributed by atoms with van der Waals surface area (Å²) in [4.78, 5) is 23.5. The summed E-state index contributed by atoms with van der Waals surface area (Å²) in [7, 11) is 0. The van der Waals surface area contributed by atoms with Crippen molar-refractivity contribution in [1.82, 2.24) is 9.78 Å². The summed E-state index contributed by atoms with van der Waals surface area (Å²) in [5, 5.41) is 13.4. The smallest absolute Gasteiger partial charge is 0.310 e. The van der Waals surface area contributed by atoms with Crippen molar-refractivity contribution in [1.29, 1.82) is 0 Å². The molecule has 18 heavy (non-hydrogen) atoms. The Morgan fingerprint density at radius 3 is 2.61 bits per heavy atom. The fourth-order valence-electron chi connectivity index (χ4n) is 2.88. The first-order valence-corrected chi connectivity index (χ1v) is 6.08. The number of aromatic nitrogens is 2. The van der Waals surface area contributed by atoms with Gasteiger partial charge in [0.2, 0.25) is 0 Å². The number of nitrogens with zero attached hydrogens (tertiary/aromatic N) is 2. The highest BCUT2D eigenvalue weighted by Gasteiger charge is 2.56. The third-order valence-electron chi connectivity index (χ3n) is 3.62. The van der Waals surface area contributed by atoms with Crippen molar-refractivity contribution >= 4 is 23.5 Å². The number of carboxylic acids is 1. The quantitative estimate of drug-likeness (QED) is 0.869. The lowest BCUT2D eigenvalue weighted by atomic mass is 9.79. The van der Waals surface area contributed by atoms with Gasteiger partial charge < -0.3 is 9.84 Å². The molecule has 0 radical (unpaired) electrons. The molecule has 3 heterocycles. The summed E-state index contributed by atoms with van der Waals surface area (Å²) >= 11 is 5.71. The van der Waals surface area contributed by atoms with Crippen molar-refractivity contribution in [3.05, 3.63) is 17.4 Å². The van der Waals surface area contributed by atoms with Gasteiger partial charge in [0.25, 0.3) is 5.91 Å². The predicted molar refractivity (Wildman–Crippen MR) is 60.4 cm³/mol. The molecule has 4 unspecified atom stereocenters. The number of halogens is 1. The summed E-state index contributed by atoms with van der Waals surface area (Å²) < 4.78 is 6.64. The molecule has 0 spiro atoms. The molecular weight excluding hydrogens is 260 g/mol. The number of carbonyl (C=O) groups excluding carboxylic acids is 1. The Hall–Kier alpha value is -1.40. The molecule has 0 saturated carbocycles. The third kappa shape index (κ3) is 1.64. The van der Waals surface area contributed by atoms with Crippen molar-refractivity contribution in [2.75, 3.05) is 0 Å². The molecule has 96 valence electrons. The molecular formula is C11H11ClN2O4. The Labute approximate surface area is 107 Å². The Kier molecular flexibility index (Phi) is 2.64. The summed E-state index contributed by atoms with van der Waals surface area (Å²) in [5.74, 6) is -2.79. The van der Waals surface area contributed by atoms with E-state index < -0.39 is 17.8 Å². The monoisotopic (exact) mass is 270 g/mol. The maximum Gasteiger partial charge on any atom is 0.310 e. The van der Waals surface area contributed by atoms with Crippen LogP contribution in [0.15, 0.2) is 12.4 Å². The van der Waals surface area contributed by atoms with E-state index in [9.17, 15) is 14.7 Å². The number of fused-ring (bicyclic) bond motifs is 2. The number of ether oxygens (including phenoxy) is 1. The zero-order chi connectivity index (χ0) is 12.9. The van der Waals surface area contributed by atoms with Crippen LogP contribution in [0.2, 0.25) is 5.02 Å². The highest BCUT2D eigenvalue weighted by molar-refractivity contribution is 6.30. The minimum absolute atomic E-state index is 0.313. The topological polar surface area (TPSA) is 81.4 Å². The lowest BCUT2D eigenvalue weighted by molar-refractivity contribution is -0.144. The Morgan fingerprint density at radius 2 is 2.06 bits per heavy atom. The van der Waals surface area contributed by atoms with Crippen molar-refractivity contribution in [2.45, 2.75) is 25.0 Å².